The molecule has 0 saturated heterocycles. The van der Waals surface area contributed by atoms with E-state index < -0.39 is 9.73 Å². The molecule has 1 atom stereocenters. The first kappa shape index (κ1) is 10.2. The van der Waals surface area contributed by atoms with E-state index in [1.807, 2.05) is 26.0 Å². The number of aromatic nitrogens is 1. The van der Waals surface area contributed by atoms with Crippen LogP contribution in [-0.2, 0) is 9.73 Å². The van der Waals surface area contributed by atoms with Gasteiger partial charge in [-0.05, 0) is 19.1 Å². The Labute approximate surface area is 79.4 Å². The van der Waals surface area contributed by atoms with Gasteiger partial charge in [-0.2, -0.15) is 4.36 Å². The fourth-order valence-corrected chi connectivity index (χ4v) is 1.47. The average Bonchev–Trinajstić information content (AvgIpc) is 2.03. The smallest absolute Gasteiger partial charge is 0.161 e. The van der Waals surface area contributed by atoms with Crippen LogP contribution in [0.3, 0.4) is 0 Å². The van der Waals surface area contributed by atoms with Crippen LogP contribution in [0.2, 0.25) is 0 Å². The van der Waals surface area contributed by atoms with E-state index in [1.165, 1.54) is 0 Å². The lowest BCUT2D eigenvalue weighted by molar-refractivity contribution is 0.681. The monoisotopic (exact) mass is 198 g/mol. The van der Waals surface area contributed by atoms with E-state index in [0.717, 1.165) is 5.69 Å². The van der Waals surface area contributed by atoms with Crippen LogP contribution in [0.1, 0.15) is 12.6 Å². The summed E-state index contributed by atoms with van der Waals surface area (Å²) in [5.74, 6) is 1.12. The van der Waals surface area contributed by atoms with Crippen molar-refractivity contribution in [3.63, 3.8) is 0 Å². The lowest BCUT2D eigenvalue weighted by atomic mass is 10.4. The second kappa shape index (κ2) is 3.87. The molecule has 13 heavy (non-hydrogen) atoms. The molecule has 0 saturated carbocycles. The third kappa shape index (κ3) is 3.14. The Morgan fingerprint density at radius 3 is 2.77 bits per heavy atom. The molecular weight excluding hydrogens is 184 g/mol. The van der Waals surface area contributed by atoms with Crippen LogP contribution < -0.4 is 0 Å². The van der Waals surface area contributed by atoms with E-state index in [9.17, 15) is 4.21 Å². The van der Waals surface area contributed by atoms with Gasteiger partial charge < -0.3 is 0 Å². The van der Waals surface area contributed by atoms with Gasteiger partial charge in [0.1, 0.15) is 0 Å². The van der Waals surface area contributed by atoms with Crippen LogP contribution in [0.4, 0.5) is 5.82 Å². The minimum atomic E-state index is -2.08. The highest BCUT2D eigenvalue weighted by atomic mass is 32.2. The van der Waals surface area contributed by atoms with E-state index in [-0.39, 0.29) is 0 Å². The van der Waals surface area contributed by atoms with Crippen LogP contribution in [-0.4, -0.2) is 21.2 Å². The lowest BCUT2D eigenvalue weighted by Gasteiger charge is -1.99. The largest absolute Gasteiger partial charge is 0.250 e. The van der Waals surface area contributed by atoms with Crippen LogP contribution in [0.5, 0.6) is 0 Å². The van der Waals surface area contributed by atoms with Gasteiger partial charge in [-0.3, -0.25) is 0 Å². The number of hydrogen-bond donors (Lipinski definition) is 0. The highest BCUT2D eigenvalue weighted by molar-refractivity contribution is 7.93. The van der Waals surface area contributed by atoms with Crippen molar-refractivity contribution in [2.24, 2.45) is 4.36 Å². The molecule has 0 unspecified atom stereocenters. The average molecular weight is 198 g/mol. The molecule has 3 nitrogen and oxygen atoms in total. The van der Waals surface area contributed by atoms with Crippen molar-refractivity contribution in [2.75, 3.05) is 12.0 Å². The van der Waals surface area contributed by atoms with Crippen LogP contribution >= 0.6 is 0 Å². The Hall–Kier alpha value is -0.900. The molecular formula is C9H14N2OS. The molecule has 0 fully saturated rings. The van der Waals surface area contributed by atoms with Gasteiger partial charge in [0.2, 0.25) is 0 Å². The minimum absolute atomic E-state index is 0.558. The predicted molar refractivity (Wildman–Crippen MR) is 55.7 cm³/mol. The van der Waals surface area contributed by atoms with E-state index in [1.54, 1.807) is 12.3 Å². The first-order valence-corrected chi connectivity index (χ1v) is 6.26. The van der Waals surface area contributed by atoms with E-state index in [0.29, 0.717) is 11.6 Å². The van der Waals surface area contributed by atoms with E-state index >= 15 is 0 Å². The predicted octanol–water partition coefficient (Wildman–Crippen LogP) is 2.14. The maximum absolute atomic E-state index is 11.6. The van der Waals surface area contributed by atoms with Crippen molar-refractivity contribution in [1.29, 1.82) is 0 Å². The Balaban J connectivity index is 3.12. The molecule has 0 N–H and O–H groups in total. The van der Waals surface area contributed by atoms with Gasteiger partial charge in [0.05, 0.1) is 9.73 Å². The van der Waals surface area contributed by atoms with Crippen molar-refractivity contribution in [3.8, 4) is 0 Å². The van der Waals surface area contributed by atoms with Gasteiger partial charge in [-0.25, -0.2) is 9.19 Å². The summed E-state index contributed by atoms with van der Waals surface area (Å²) in [6.45, 7) is 3.75. The number of nitrogens with zero attached hydrogens (tertiary/aromatic N) is 2. The zero-order valence-electron chi connectivity index (χ0n) is 8.15. The maximum atomic E-state index is 11.6. The van der Waals surface area contributed by atoms with Crippen LogP contribution in [0, 0.1) is 6.92 Å². The summed E-state index contributed by atoms with van der Waals surface area (Å²) in [5.41, 5.74) is 0.896. The summed E-state index contributed by atoms with van der Waals surface area (Å²) in [6, 6.07) is 5.53. The zero-order chi connectivity index (χ0) is 9.90. The van der Waals surface area contributed by atoms with Crippen molar-refractivity contribution in [1.82, 2.24) is 4.98 Å². The number of rotatable bonds is 2. The van der Waals surface area contributed by atoms with Gasteiger partial charge in [-0.15, -0.1) is 0 Å². The molecule has 0 aromatic carbocycles. The molecule has 4 heteroatoms. The fourth-order valence-electron chi connectivity index (χ4n) is 0.842. The Kier molecular flexibility index (Phi) is 3.03. The van der Waals surface area contributed by atoms with Crippen LogP contribution in [0.25, 0.3) is 0 Å². The van der Waals surface area contributed by atoms with E-state index in [4.69, 9.17) is 0 Å². The Morgan fingerprint density at radius 1 is 1.54 bits per heavy atom. The summed E-state index contributed by atoms with van der Waals surface area (Å²) in [4.78, 5) is 4.16. The molecule has 1 heterocycles. The highest BCUT2D eigenvalue weighted by Crippen LogP contribution is 2.10. The fraction of sp³-hybridized carbons (Fsp3) is 0.444. The molecule has 72 valence electrons. The standard InChI is InChI=1S/C9H14N2OS/c1-4-13(3,12)11-9-7-5-6-8(2)10-9/h5-7H,4H2,1-3H3/t13-/m1/s1. The van der Waals surface area contributed by atoms with Gasteiger partial charge in [-0.1, -0.05) is 13.0 Å². The molecule has 1 rings (SSSR count). The molecule has 0 aliphatic heterocycles. The highest BCUT2D eigenvalue weighted by Gasteiger charge is 1.98. The number of pyridine rings is 1. The molecule has 0 bridgehead atoms. The normalized spacial score (nSPS) is 15.0. The summed E-state index contributed by atoms with van der Waals surface area (Å²) in [7, 11) is -2.08. The summed E-state index contributed by atoms with van der Waals surface area (Å²) >= 11 is 0. The second-order valence-electron chi connectivity index (χ2n) is 2.98. The summed E-state index contributed by atoms with van der Waals surface area (Å²) < 4.78 is 15.7. The van der Waals surface area contributed by atoms with Gasteiger partial charge in [0.15, 0.2) is 5.82 Å². The first-order chi connectivity index (χ1) is 6.03. The Bertz CT molecular complexity index is 406. The second-order valence-corrected chi connectivity index (χ2v) is 5.66. The van der Waals surface area contributed by atoms with E-state index in [2.05, 4.69) is 9.35 Å². The summed E-state index contributed by atoms with van der Waals surface area (Å²) in [5, 5.41) is 0. The molecule has 0 spiro atoms. The third-order valence-electron chi connectivity index (χ3n) is 1.70. The van der Waals surface area contributed by atoms with Crippen molar-refractivity contribution >= 4 is 15.5 Å². The molecule has 1 aromatic rings. The zero-order valence-corrected chi connectivity index (χ0v) is 8.97. The van der Waals surface area contributed by atoms with Gasteiger partial charge in [0, 0.05) is 17.7 Å². The number of aryl methyl sites for hydroxylation is 1. The summed E-state index contributed by atoms with van der Waals surface area (Å²) in [6.07, 6.45) is 1.65. The van der Waals surface area contributed by atoms with Crippen molar-refractivity contribution in [2.45, 2.75) is 13.8 Å². The topological polar surface area (TPSA) is 42.3 Å². The number of hydrogen-bond acceptors (Lipinski definition) is 3. The van der Waals surface area contributed by atoms with Crippen molar-refractivity contribution in [3.05, 3.63) is 23.9 Å². The molecule has 1 aromatic heterocycles. The Morgan fingerprint density at radius 2 is 2.23 bits per heavy atom. The molecule has 0 aliphatic rings. The molecule has 0 amide bonds. The van der Waals surface area contributed by atoms with Gasteiger partial charge >= 0.3 is 0 Å². The lowest BCUT2D eigenvalue weighted by Crippen LogP contribution is -1.98. The van der Waals surface area contributed by atoms with Gasteiger partial charge in [0.25, 0.3) is 0 Å². The third-order valence-corrected chi connectivity index (χ3v) is 3.34. The SMILES string of the molecule is CC[S@@](C)(=O)=Nc1cccc(C)n1. The minimum Gasteiger partial charge on any atom is -0.250 e. The van der Waals surface area contributed by atoms with Crippen LogP contribution in [0.15, 0.2) is 22.6 Å². The quantitative estimate of drug-likeness (QED) is 0.730. The molecule has 0 radical (unpaired) electrons. The van der Waals surface area contributed by atoms with Crippen molar-refractivity contribution < 1.29 is 4.21 Å². The first-order valence-electron chi connectivity index (χ1n) is 4.17. The molecule has 0 aliphatic carbocycles. The maximum Gasteiger partial charge on any atom is 0.161 e.